The van der Waals surface area contributed by atoms with Gasteiger partial charge in [0.2, 0.25) is 5.76 Å². The maximum Gasteiger partial charge on any atom is 0.291 e. The fraction of sp³-hybridized carbons (Fsp3) is 0.273. The van der Waals surface area contributed by atoms with Crippen LogP contribution in [0.25, 0.3) is 11.0 Å². The van der Waals surface area contributed by atoms with Crippen molar-refractivity contribution in [3.05, 3.63) is 60.4 Å². The minimum absolute atomic E-state index is 0.156. The number of nitrogens with zero attached hydrogens (tertiary/aromatic N) is 2. The van der Waals surface area contributed by atoms with Crippen LogP contribution in [0.15, 0.2) is 59.0 Å². The van der Waals surface area contributed by atoms with Crippen molar-refractivity contribution in [3.8, 4) is 5.75 Å². The molecule has 2 amide bonds. The summed E-state index contributed by atoms with van der Waals surface area (Å²) in [4.78, 5) is 29.5. The number of likely N-dealkylation sites (N-methyl/N-ethyl adjacent to an activating group) is 1. The summed E-state index contributed by atoms with van der Waals surface area (Å²) in [6.45, 7) is 2.69. The highest BCUT2D eigenvalue weighted by Gasteiger charge is 2.28. The Morgan fingerprint density at radius 2 is 1.69 bits per heavy atom. The number of rotatable bonds is 5. The number of amides is 2. The number of furan rings is 1. The van der Waals surface area contributed by atoms with Gasteiger partial charge in [0.05, 0.1) is 0 Å². The Bertz CT molecular complexity index is 1010. The van der Waals surface area contributed by atoms with Gasteiger partial charge in [0.15, 0.2) is 6.61 Å². The van der Waals surface area contributed by atoms with Gasteiger partial charge >= 0.3 is 0 Å². The summed E-state index contributed by atoms with van der Waals surface area (Å²) in [7, 11) is 2.03. The molecule has 1 saturated heterocycles. The Balaban J connectivity index is 1.55. The average molecular weight is 393 g/mol. The molecule has 2 aromatic carbocycles. The SMILES string of the molecule is CN1CCN(C(=O)c2oc3ccccc3c2NC(=O)COc2ccccc2)CC1. The van der Waals surface area contributed by atoms with Gasteiger partial charge in [0.1, 0.15) is 17.0 Å². The number of para-hydroxylation sites is 2. The van der Waals surface area contributed by atoms with Gasteiger partial charge in [-0.3, -0.25) is 9.59 Å². The van der Waals surface area contributed by atoms with Crippen molar-refractivity contribution in [1.29, 1.82) is 0 Å². The molecule has 0 spiro atoms. The monoisotopic (exact) mass is 393 g/mol. The molecular formula is C22H23N3O4. The quantitative estimate of drug-likeness (QED) is 0.722. The third-order valence-corrected chi connectivity index (χ3v) is 4.96. The Morgan fingerprint density at radius 3 is 2.45 bits per heavy atom. The number of hydrogen-bond donors (Lipinski definition) is 1. The van der Waals surface area contributed by atoms with E-state index in [1.807, 2.05) is 43.4 Å². The van der Waals surface area contributed by atoms with Crippen molar-refractivity contribution in [2.24, 2.45) is 0 Å². The van der Waals surface area contributed by atoms with E-state index in [4.69, 9.17) is 9.15 Å². The average Bonchev–Trinajstić information content (AvgIpc) is 3.11. The van der Waals surface area contributed by atoms with Crippen molar-refractivity contribution < 1.29 is 18.7 Å². The molecule has 3 aromatic rings. The third kappa shape index (κ3) is 4.25. The lowest BCUT2D eigenvalue weighted by Gasteiger charge is -2.32. The lowest BCUT2D eigenvalue weighted by molar-refractivity contribution is -0.118. The number of nitrogens with one attached hydrogen (secondary N) is 1. The highest BCUT2D eigenvalue weighted by Crippen LogP contribution is 2.32. The van der Waals surface area contributed by atoms with Crippen LogP contribution in [-0.4, -0.2) is 61.4 Å². The second-order valence-corrected chi connectivity index (χ2v) is 7.05. The van der Waals surface area contributed by atoms with Gasteiger partial charge in [0, 0.05) is 31.6 Å². The Kier molecular flexibility index (Phi) is 5.48. The molecular weight excluding hydrogens is 370 g/mol. The van der Waals surface area contributed by atoms with Crippen molar-refractivity contribution >= 4 is 28.5 Å². The first-order valence-corrected chi connectivity index (χ1v) is 9.59. The highest BCUT2D eigenvalue weighted by molar-refractivity contribution is 6.11. The number of carbonyl (C=O) groups excluding carboxylic acids is 2. The fourth-order valence-corrected chi connectivity index (χ4v) is 3.31. The zero-order valence-corrected chi connectivity index (χ0v) is 16.3. The molecule has 1 aliphatic rings. The summed E-state index contributed by atoms with van der Waals surface area (Å²) < 4.78 is 11.4. The number of hydrogen-bond acceptors (Lipinski definition) is 5. The molecule has 0 bridgehead atoms. The molecule has 150 valence electrons. The van der Waals surface area contributed by atoms with Gasteiger partial charge in [-0.1, -0.05) is 30.3 Å². The van der Waals surface area contributed by atoms with Crippen LogP contribution in [-0.2, 0) is 4.79 Å². The Hall–Kier alpha value is -3.32. The largest absolute Gasteiger partial charge is 0.484 e. The Morgan fingerprint density at radius 1 is 1.00 bits per heavy atom. The van der Waals surface area contributed by atoms with E-state index in [1.165, 1.54) is 0 Å². The van der Waals surface area contributed by atoms with Crippen LogP contribution >= 0.6 is 0 Å². The van der Waals surface area contributed by atoms with Gasteiger partial charge in [0.25, 0.3) is 11.8 Å². The zero-order chi connectivity index (χ0) is 20.2. The van der Waals surface area contributed by atoms with E-state index in [2.05, 4.69) is 10.2 Å². The standard InChI is InChI=1S/C22H23N3O4/c1-24-11-13-25(14-12-24)22(27)21-20(17-9-5-6-10-18(17)29-21)23-19(26)15-28-16-7-3-2-4-8-16/h2-10H,11-15H2,1H3,(H,23,26). The summed E-state index contributed by atoms with van der Waals surface area (Å²) in [6, 6.07) is 16.4. The van der Waals surface area contributed by atoms with Crippen molar-refractivity contribution in [1.82, 2.24) is 9.80 Å². The molecule has 1 aromatic heterocycles. The van der Waals surface area contributed by atoms with Crippen LogP contribution in [0.4, 0.5) is 5.69 Å². The van der Waals surface area contributed by atoms with E-state index in [-0.39, 0.29) is 24.2 Å². The van der Waals surface area contributed by atoms with E-state index >= 15 is 0 Å². The summed E-state index contributed by atoms with van der Waals surface area (Å²) in [5, 5.41) is 3.51. The molecule has 0 aliphatic carbocycles. The summed E-state index contributed by atoms with van der Waals surface area (Å²) >= 11 is 0. The van der Waals surface area contributed by atoms with Crippen LogP contribution in [0.5, 0.6) is 5.75 Å². The molecule has 4 rings (SSSR count). The molecule has 7 heteroatoms. The lowest BCUT2D eigenvalue weighted by atomic mass is 10.2. The second kappa shape index (κ2) is 8.36. The number of anilines is 1. The normalized spacial score (nSPS) is 14.7. The molecule has 0 radical (unpaired) electrons. The predicted octanol–water partition coefficient (Wildman–Crippen LogP) is 2.84. The van der Waals surface area contributed by atoms with Crippen molar-refractivity contribution in [3.63, 3.8) is 0 Å². The van der Waals surface area contributed by atoms with Crippen LogP contribution < -0.4 is 10.1 Å². The smallest absolute Gasteiger partial charge is 0.291 e. The van der Waals surface area contributed by atoms with Crippen LogP contribution in [0.1, 0.15) is 10.6 Å². The van der Waals surface area contributed by atoms with E-state index < -0.39 is 0 Å². The predicted molar refractivity (Wildman–Crippen MR) is 110 cm³/mol. The second-order valence-electron chi connectivity index (χ2n) is 7.05. The first kappa shape index (κ1) is 19.0. The van der Waals surface area contributed by atoms with Gasteiger partial charge in [-0.25, -0.2) is 0 Å². The zero-order valence-electron chi connectivity index (χ0n) is 16.3. The van der Waals surface area contributed by atoms with E-state index in [1.54, 1.807) is 23.1 Å². The third-order valence-electron chi connectivity index (χ3n) is 4.96. The summed E-state index contributed by atoms with van der Waals surface area (Å²) in [5.74, 6) is 0.193. The molecule has 0 saturated carbocycles. The molecule has 1 aliphatic heterocycles. The number of benzene rings is 2. The number of fused-ring (bicyclic) bond motifs is 1. The first-order valence-electron chi connectivity index (χ1n) is 9.59. The van der Waals surface area contributed by atoms with Crippen LogP contribution in [0, 0.1) is 0 Å². The maximum absolute atomic E-state index is 13.1. The fourth-order valence-electron chi connectivity index (χ4n) is 3.31. The molecule has 29 heavy (non-hydrogen) atoms. The number of piperazine rings is 1. The maximum atomic E-state index is 13.1. The lowest BCUT2D eigenvalue weighted by Crippen LogP contribution is -2.47. The summed E-state index contributed by atoms with van der Waals surface area (Å²) in [6.07, 6.45) is 0. The molecule has 0 atom stereocenters. The van der Waals surface area contributed by atoms with E-state index in [0.717, 1.165) is 13.1 Å². The molecule has 1 fully saturated rings. The topological polar surface area (TPSA) is 75.0 Å². The molecule has 0 unspecified atom stereocenters. The molecule has 1 N–H and O–H groups in total. The molecule has 2 heterocycles. The van der Waals surface area contributed by atoms with Gasteiger partial charge < -0.3 is 24.3 Å². The minimum Gasteiger partial charge on any atom is -0.484 e. The van der Waals surface area contributed by atoms with Crippen LogP contribution in [0.3, 0.4) is 0 Å². The van der Waals surface area contributed by atoms with Gasteiger partial charge in [-0.15, -0.1) is 0 Å². The van der Waals surface area contributed by atoms with Crippen LogP contribution in [0.2, 0.25) is 0 Å². The van der Waals surface area contributed by atoms with Crippen molar-refractivity contribution in [2.75, 3.05) is 45.2 Å². The minimum atomic E-state index is -0.354. The summed E-state index contributed by atoms with van der Waals surface area (Å²) in [5.41, 5.74) is 0.954. The van der Waals surface area contributed by atoms with Gasteiger partial charge in [-0.05, 0) is 31.3 Å². The van der Waals surface area contributed by atoms with Crippen molar-refractivity contribution in [2.45, 2.75) is 0 Å². The number of carbonyl (C=O) groups is 2. The molecule has 7 nitrogen and oxygen atoms in total. The Labute approximate surface area is 168 Å². The van der Waals surface area contributed by atoms with E-state index in [0.29, 0.717) is 35.5 Å². The highest BCUT2D eigenvalue weighted by atomic mass is 16.5. The van der Waals surface area contributed by atoms with E-state index in [9.17, 15) is 9.59 Å². The first-order chi connectivity index (χ1) is 14.1. The van der Waals surface area contributed by atoms with Gasteiger partial charge in [-0.2, -0.15) is 0 Å². The number of ether oxygens (including phenoxy) is 1.